The first-order valence-corrected chi connectivity index (χ1v) is 26.0. The molecular formula is C14H43NSi6. The summed E-state index contributed by atoms with van der Waals surface area (Å²) in [5, 5.41) is 0. The minimum absolute atomic E-state index is 0.0622. The molecule has 0 aliphatic heterocycles. The fourth-order valence-electron chi connectivity index (χ4n) is 4.19. The summed E-state index contributed by atoms with van der Waals surface area (Å²) in [5.74, 6) is 0. The summed E-state index contributed by atoms with van der Waals surface area (Å²) in [7, 11) is -4.04. The van der Waals surface area contributed by atoms with E-state index in [0.717, 1.165) is 9.58 Å². The lowest BCUT2D eigenvalue weighted by atomic mass is 11.7. The first kappa shape index (κ1) is 22.3. The zero-order valence-corrected chi connectivity index (χ0v) is 23.9. The van der Waals surface area contributed by atoms with Gasteiger partial charge in [-0.15, -0.1) is 0 Å². The smallest absolute Gasteiger partial charge is 0.0822 e. The van der Waals surface area contributed by atoms with Crippen molar-refractivity contribution in [3.8, 4) is 0 Å². The molecule has 1 nitrogen and oxygen atoms in total. The summed E-state index contributed by atoms with van der Waals surface area (Å²) in [6, 6.07) is 0. The SMILES string of the molecule is C[Si](C)(C)C([SiH2]N[SiH2]C([Si](C)(C)C)[Si](C)(C)C)[Si](C)(C)C. The van der Waals surface area contributed by atoms with Gasteiger partial charge in [0.25, 0.3) is 0 Å². The highest BCUT2D eigenvalue weighted by molar-refractivity contribution is 7.07. The van der Waals surface area contributed by atoms with E-state index in [4.69, 9.17) is 0 Å². The highest BCUT2D eigenvalue weighted by Crippen LogP contribution is 2.32. The molecule has 0 aromatic rings. The topological polar surface area (TPSA) is 12.0 Å². The molecule has 21 heavy (non-hydrogen) atoms. The van der Waals surface area contributed by atoms with Gasteiger partial charge in [0.1, 0.15) is 0 Å². The number of hydrogen-bond acceptors (Lipinski definition) is 1. The molecule has 0 atom stereocenters. The minimum Gasteiger partial charge on any atom is -0.369 e. The van der Waals surface area contributed by atoms with Crippen molar-refractivity contribution in [2.24, 2.45) is 0 Å². The molecule has 0 unspecified atom stereocenters. The summed E-state index contributed by atoms with van der Waals surface area (Å²) >= 11 is 0. The molecule has 1 N–H and O–H groups in total. The molecule has 0 bridgehead atoms. The molecular weight excluding hydrogens is 351 g/mol. The third-order valence-electron chi connectivity index (χ3n) is 4.88. The Hall–Kier alpha value is 1.26. The lowest BCUT2D eigenvalue weighted by Crippen LogP contribution is -2.55. The summed E-state index contributed by atoms with van der Waals surface area (Å²) in [5.41, 5.74) is 0. The second-order valence-corrected chi connectivity index (χ2v) is 41.8. The van der Waals surface area contributed by atoms with Gasteiger partial charge >= 0.3 is 0 Å². The Morgan fingerprint density at radius 1 is 0.476 bits per heavy atom. The lowest BCUT2D eigenvalue weighted by molar-refractivity contribution is 1.33. The third-order valence-corrected chi connectivity index (χ3v) is 43.9. The van der Waals surface area contributed by atoms with Crippen LogP contribution in [0.15, 0.2) is 0 Å². The van der Waals surface area contributed by atoms with Crippen molar-refractivity contribution in [3.05, 3.63) is 0 Å². The normalized spacial score (nSPS) is 16.3. The Morgan fingerprint density at radius 2 is 0.667 bits per heavy atom. The van der Waals surface area contributed by atoms with Crippen molar-refractivity contribution in [1.82, 2.24) is 4.65 Å². The molecule has 0 rings (SSSR count). The van der Waals surface area contributed by atoms with Crippen molar-refractivity contribution in [2.45, 2.75) is 88.1 Å². The van der Waals surface area contributed by atoms with Gasteiger partial charge in [0, 0.05) is 32.3 Å². The molecule has 0 aliphatic rings. The maximum atomic E-state index is 4.23. The van der Waals surface area contributed by atoms with Gasteiger partial charge < -0.3 is 4.65 Å². The van der Waals surface area contributed by atoms with E-state index >= 15 is 0 Å². The van der Waals surface area contributed by atoms with Gasteiger partial charge in [0.05, 0.1) is 19.4 Å². The Bertz CT molecular complexity index is 258. The predicted molar refractivity (Wildman–Crippen MR) is 121 cm³/mol. The van der Waals surface area contributed by atoms with Gasteiger partial charge in [0.15, 0.2) is 0 Å². The summed E-state index contributed by atoms with van der Waals surface area (Å²) in [4.78, 5) is 2.31. The van der Waals surface area contributed by atoms with Crippen LogP contribution in [0, 0.1) is 0 Å². The van der Waals surface area contributed by atoms with Crippen LogP contribution in [0.25, 0.3) is 0 Å². The van der Waals surface area contributed by atoms with E-state index in [-0.39, 0.29) is 19.4 Å². The average Bonchev–Trinajstić information content (AvgIpc) is 2.07. The molecule has 0 amide bonds. The molecule has 0 saturated heterocycles. The molecule has 0 aromatic heterocycles. The molecule has 0 aliphatic carbocycles. The van der Waals surface area contributed by atoms with Crippen molar-refractivity contribution in [2.75, 3.05) is 0 Å². The van der Waals surface area contributed by atoms with E-state index in [1.807, 2.05) is 0 Å². The largest absolute Gasteiger partial charge is 0.369 e. The monoisotopic (exact) mass is 393 g/mol. The summed E-state index contributed by atoms with van der Waals surface area (Å²) < 4.78 is 4.23. The van der Waals surface area contributed by atoms with E-state index in [0.29, 0.717) is 0 Å². The van der Waals surface area contributed by atoms with E-state index in [1.165, 1.54) is 0 Å². The van der Waals surface area contributed by atoms with E-state index in [9.17, 15) is 0 Å². The lowest BCUT2D eigenvalue weighted by Gasteiger charge is -2.41. The maximum absolute atomic E-state index is 4.23. The highest BCUT2D eigenvalue weighted by Gasteiger charge is 2.40. The number of hydrogen-bond donors (Lipinski definition) is 1. The molecule has 128 valence electrons. The van der Waals surface area contributed by atoms with Crippen LogP contribution in [0.1, 0.15) is 0 Å². The van der Waals surface area contributed by atoms with Crippen molar-refractivity contribution < 1.29 is 0 Å². The molecule has 0 aromatic carbocycles. The van der Waals surface area contributed by atoms with E-state index in [1.54, 1.807) is 0 Å². The summed E-state index contributed by atoms with van der Waals surface area (Å²) in [6.07, 6.45) is 0. The predicted octanol–water partition coefficient (Wildman–Crippen LogP) is 3.83. The van der Waals surface area contributed by atoms with Crippen LogP contribution >= 0.6 is 0 Å². The van der Waals surface area contributed by atoms with E-state index in [2.05, 4.69) is 83.2 Å². The average molecular weight is 394 g/mol. The second kappa shape index (κ2) is 7.44. The van der Waals surface area contributed by atoms with Crippen LogP contribution in [0.2, 0.25) is 88.1 Å². The van der Waals surface area contributed by atoms with E-state index < -0.39 is 32.3 Å². The van der Waals surface area contributed by atoms with Crippen molar-refractivity contribution >= 4 is 51.7 Å². The fraction of sp³-hybridized carbons (Fsp3) is 1.00. The number of rotatable bonds is 8. The minimum atomic E-state index is -0.980. The fourth-order valence-corrected chi connectivity index (χ4v) is 42.9. The van der Waals surface area contributed by atoms with Crippen LogP contribution in [0.3, 0.4) is 0 Å². The van der Waals surface area contributed by atoms with Gasteiger partial charge in [0.2, 0.25) is 0 Å². The maximum Gasteiger partial charge on any atom is 0.0822 e. The Balaban J connectivity index is 4.84. The van der Waals surface area contributed by atoms with Crippen molar-refractivity contribution in [1.29, 1.82) is 0 Å². The standard InChI is InChI=1S/C14H43NSi6/c1-18(2,3)13(19(4,5)6)16-15-17-14(20(7,8)9)21(10,11)12/h13-15H,16-17H2,1-12H3. The zero-order chi connectivity index (χ0) is 17.3. The van der Waals surface area contributed by atoms with Crippen LogP contribution in [-0.2, 0) is 0 Å². The Morgan fingerprint density at radius 3 is 0.810 bits per heavy atom. The first-order valence-electron chi connectivity index (χ1n) is 8.68. The summed E-state index contributed by atoms with van der Waals surface area (Å²) in [6.45, 7) is 31.3. The molecule has 0 heterocycles. The molecule has 0 saturated carbocycles. The number of nitrogens with one attached hydrogen (secondary N) is 1. The quantitative estimate of drug-likeness (QED) is 0.618. The van der Waals surface area contributed by atoms with Crippen LogP contribution in [0.5, 0.6) is 0 Å². The van der Waals surface area contributed by atoms with Gasteiger partial charge in [-0.1, -0.05) is 78.6 Å². The van der Waals surface area contributed by atoms with Gasteiger partial charge in [-0.25, -0.2) is 0 Å². The molecule has 7 heteroatoms. The molecule has 0 spiro atoms. The Kier molecular flexibility index (Phi) is 7.88. The van der Waals surface area contributed by atoms with Gasteiger partial charge in [-0.2, -0.15) is 0 Å². The van der Waals surface area contributed by atoms with Gasteiger partial charge in [-0.05, 0) is 9.58 Å². The van der Waals surface area contributed by atoms with Crippen molar-refractivity contribution in [3.63, 3.8) is 0 Å². The molecule has 0 radical (unpaired) electrons. The second-order valence-electron chi connectivity index (χ2n) is 11.2. The van der Waals surface area contributed by atoms with Crippen LogP contribution in [-0.4, -0.2) is 51.7 Å². The van der Waals surface area contributed by atoms with Crippen LogP contribution < -0.4 is 4.65 Å². The first-order chi connectivity index (χ1) is 8.97. The zero-order valence-electron chi connectivity index (χ0n) is 17.1. The molecule has 0 fully saturated rings. The Labute approximate surface area is 144 Å². The third kappa shape index (κ3) is 8.07. The van der Waals surface area contributed by atoms with Crippen LogP contribution in [0.4, 0.5) is 0 Å². The van der Waals surface area contributed by atoms with Gasteiger partial charge in [-0.3, -0.25) is 0 Å². The highest BCUT2D eigenvalue weighted by atomic mass is 28.4.